The predicted molar refractivity (Wildman–Crippen MR) is 153 cm³/mol. The second kappa shape index (κ2) is 11.6. The molecular weight excluding hydrogens is 597 g/mol. The lowest BCUT2D eigenvalue weighted by Crippen LogP contribution is -2.33. The number of H-pyrrole nitrogens is 1. The van der Waals surface area contributed by atoms with E-state index in [2.05, 4.69) is 10.1 Å². The number of hydrogen-bond donors (Lipinski definition) is 3. The highest BCUT2D eigenvalue weighted by Crippen LogP contribution is 2.40. The minimum atomic E-state index is -4.08. The Balaban J connectivity index is 1.74. The molecule has 0 fully saturated rings. The number of halogens is 4. The number of sulfonamides is 1. The number of carbonyl (C=O) groups excluding carboxylic acids is 1. The van der Waals surface area contributed by atoms with Gasteiger partial charge >= 0.3 is 0 Å². The Morgan fingerprint density at radius 1 is 1.05 bits per heavy atom. The molecular formula is C28H22Cl2F2N4O4S. The number of benzene rings is 3. The molecule has 13 heteroatoms. The Bertz CT molecular complexity index is 1850. The van der Waals surface area contributed by atoms with Gasteiger partial charge in [0, 0.05) is 33.7 Å². The van der Waals surface area contributed by atoms with Crippen molar-refractivity contribution in [2.24, 2.45) is 0 Å². The highest BCUT2D eigenvalue weighted by molar-refractivity contribution is 7.90. The van der Waals surface area contributed by atoms with Gasteiger partial charge in [-0.3, -0.25) is 9.48 Å². The molecule has 2 heterocycles. The number of amides is 1. The van der Waals surface area contributed by atoms with E-state index in [9.17, 15) is 22.0 Å². The maximum absolute atomic E-state index is 14.3. The second-order valence-electron chi connectivity index (χ2n) is 9.20. The number of aromatic nitrogens is 3. The molecule has 0 saturated heterocycles. The van der Waals surface area contributed by atoms with E-state index >= 15 is 0 Å². The average Bonchev–Trinajstić information content (AvgIpc) is 3.51. The quantitative estimate of drug-likeness (QED) is 0.181. The zero-order valence-electron chi connectivity index (χ0n) is 21.2. The predicted octanol–water partition coefficient (Wildman–Crippen LogP) is 5.77. The first-order chi connectivity index (χ1) is 19.6. The van der Waals surface area contributed by atoms with Crippen LogP contribution < -0.4 is 4.72 Å². The number of nitrogens with zero attached hydrogens (tertiary/aromatic N) is 2. The number of hydrogen-bond acceptors (Lipinski definition) is 5. The zero-order valence-corrected chi connectivity index (χ0v) is 23.5. The minimum absolute atomic E-state index is 0.0586. The summed E-state index contributed by atoms with van der Waals surface area (Å²) in [5, 5.41) is 13.8. The molecule has 5 rings (SSSR count). The highest BCUT2D eigenvalue weighted by atomic mass is 35.5. The van der Waals surface area contributed by atoms with Crippen LogP contribution in [0.4, 0.5) is 8.78 Å². The summed E-state index contributed by atoms with van der Waals surface area (Å²) in [6, 6.07) is 16.2. The summed E-state index contributed by atoms with van der Waals surface area (Å²) in [6.45, 7) is -0.472. The van der Waals surface area contributed by atoms with Gasteiger partial charge in [0.15, 0.2) is 0 Å². The van der Waals surface area contributed by atoms with E-state index in [-0.39, 0.29) is 30.8 Å². The first-order valence-corrected chi connectivity index (χ1v) is 14.7. The molecule has 0 aliphatic heterocycles. The number of aromatic amines is 1. The van der Waals surface area contributed by atoms with E-state index in [1.807, 2.05) is 35.1 Å². The normalized spacial score (nSPS) is 11.7. The first-order valence-electron chi connectivity index (χ1n) is 12.3. The molecule has 212 valence electrons. The third kappa shape index (κ3) is 5.98. The van der Waals surface area contributed by atoms with Gasteiger partial charge in [-0.1, -0.05) is 59.6 Å². The van der Waals surface area contributed by atoms with Crippen LogP contribution in [-0.4, -0.2) is 46.6 Å². The average molecular weight is 619 g/mol. The molecule has 0 radical (unpaired) electrons. The van der Waals surface area contributed by atoms with Crippen molar-refractivity contribution >= 4 is 50.0 Å². The standard InChI is InChI=1S/C28H22Cl2F2N4O4S/c29-18-7-8-19-23(13-18)34-26(28(38)35-41(39,40)10-4-9-37)24(19)27-20(17-5-2-1-3-6-17)14-33-36(27)15-16-11-21(31)25(30)22(32)12-16/h1-3,5-8,11-14,34,37H,4,9-10,15H2,(H,35,38). The van der Waals surface area contributed by atoms with E-state index in [1.54, 1.807) is 24.4 Å². The molecule has 0 bridgehead atoms. The van der Waals surface area contributed by atoms with Crippen molar-refractivity contribution in [3.05, 3.63) is 99.8 Å². The fourth-order valence-electron chi connectivity index (χ4n) is 4.55. The van der Waals surface area contributed by atoms with Crippen molar-refractivity contribution < 1.29 is 27.1 Å². The molecule has 0 aliphatic rings. The molecule has 0 atom stereocenters. The highest BCUT2D eigenvalue weighted by Gasteiger charge is 2.28. The van der Waals surface area contributed by atoms with E-state index in [4.69, 9.17) is 28.3 Å². The molecule has 0 unspecified atom stereocenters. The topological polar surface area (TPSA) is 117 Å². The van der Waals surface area contributed by atoms with Gasteiger partial charge in [0.1, 0.15) is 22.4 Å². The smallest absolute Gasteiger partial charge is 0.281 e. The first kappa shape index (κ1) is 28.7. The van der Waals surface area contributed by atoms with Crippen molar-refractivity contribution in [2.75, 3.05) is 12.4 Å². The molecule has 41 heavy (non-hydrogen) atoms. The Morgan fingerprint density at radius 3 is 2.44 bits per heavy atom. The van der Waals surface area contributed by atoms with Crippen LogP contribution in [0, 0.1) is 11.6 Å². The van der Waals surface area contributed by atoms with Crippen LogP contribution in [0.2, 0.25) is 10.0 Å². The lowest BCUT2D eigenvalue weighted by molar-refractivity contribution is 0.0978. The van der Waals surface area contributed by atoms with E-state index in [0.717, 1.165) is 17.7 Å². The monoisotopic (exact) mass is 618 g/mol. The van der Waals surface area contributed by atoms with Crippen molar-refractivity contribution in [1.29, 1.82) is 0 Å². The van der Waals surface area contributed by atoms with Gasteiger partial charge < -0.3 is 10.1 Å². The van der Waals surface area contributed by atoms with E-state index < -0.39 is 38.3 Å². The van der Waals surface area contributed by atoms with Crippen LogP contribution >= 0.6 is 23.2 Å². The molecule has 0 spiro atoms. The molecule has 1 amide bonds. The number of aliphatic hydroxyl groups excluding tert-OH is 1. The molecule has 0 aliphatic carbocycles. The Kier molecular flexibility index (Phi) is 8.14. The van der Waals surface area contributed by atoms with Gasteiger partial charge in [-0.25, -0.2) is 21.9 Å². The molecule has 5 aromatic rings. The Labute approximate surface area is 243 Å². The SMILES string of the molecule is O=C(NS(=O)(=O)CCCO)c1[nH]c2cc(Cl)ccc2c1-c1c(-c2ccccc2)cnn1Cc1cc(F)c(Cl)c(F)c1. The van der Waals surface area contributed by atoms with Crippen LogP contribution in [0.25, 0.3) is 33.3 Å². The van der Waals surface area contributed by atoms with E-state index in [0.29, 0.717) is 32.7 Å². The maximum atomic E-state index is 14.3. The maximum Gasteiger partial charge on any atom is 0.281 e. The Hall–Kier alpha value is -3.77. The van der Waals surface area contributed by atoms with Gasteiger partial charge in [-0.05, 0) is 41.8 Å². The molecule has 3 aromatic carbocycles. The van der Waals surface area contributed by atoms with Crippen LogP contribution in [0.15, 0.2) is 66.9 Å². The Morgan fingerprint density at radius 2 is 1.76 bits per heavy atom. The third-order valence-electron chi connectivity index (χ3n) is 6.34. The summed E-state index contributed by atoms with van der Waals surface area (Å²) >= 11 is 11.9. The molecule has 2 aromatic heterocycles. The summed E-state index contributed by atoms with van der Waals surface area (Å²) in [4.78, 5) is 16.5. The largest absolute Gasteiger partial charge is 0.396 e. The zero-order chi connectivity index (χ0) is 29.3. The van der Waals surface area contributed by atoms with Crippen molar-refractivity contribution in [2.45, 2.75) is 13.0 Å². The van der Waals surface area contributed by atoms with Crippen molar-refractivity contribution in [3.63, 3.8) is 0 Å². The lowest BCUT2D eigenvalue weighted by Gasteiger charge is -2.13. The molecule has 8 nitrogen and oxygen atoms in total. The third-order valence-corrected chi connectivity index (χ3v) is 8.26. The van der Waals surface area contributed by atoms with E-state index in [1.165, 1.54) is 4.68 Å². The summed E-state index contributed by atoms with van der Waals surface area (Å²) in [7, 11) is -4.08. The van der Waals surface area contributed by atoms with Gasteiger partial charge in [-0.2, -0.15) is 5.10 Å². The second-order valence-corrected chi connectivity index (χ2v) is 11.9. The number of nitrogens with one attached hydrogen (secondary N) is 2. The van der Waals surface area contributed by atoms with Crippen LogP contribution in [0.1, 0.15) is 22.5 Å². The van der Waals surface area contributed by atoms with Crippen molar-refractivity contribution in [1.82, 2.24) is 19.5 Å². The fraction of sp³-hybridized carbons (Fsp3) is 0.143. The number of aliphatic hydroxyl groups is 1. The van der Waals surface area contributed by atoms with Gasteiger partial charge in [0.05, 0.1) is 24.2 Å². The minimum Gasteiger partial charge on any atom is -0.396 e. The molecule has 0 saturated carbocycles. The lowest BCUT2D eigenvalue weighted by atomic mass is 9.98. The number of rotatable bonds is 9. The summed E-state index contributed by atoms with van der Waals surface area (Å²) in [5.41, 5.74) is 2.56. The van der Waals surface area contributed by atoms with Crippen LogP contribution in [-0.2, 0) is 16.6 Å². The van der Waals surface area contributed by atoms with Gasteiger partial charge in [0.2, 0.25) is 10.0 Å². The van der Waals surface area contributed by atoms with Crippen LogP contribution in [0.3, 0.4) is 0 Å². The van der Waals surface area contributed by atoms with Gasteiger partial charge in [0.25, 0.3) is 5.91 Å². The van der Waals surface area contributed by atoms with Gasteiger partial charge in [-0.15, -0.1) is 0 Å². The molecule has 3 N–H and O–H groups in total. The number of carbonyl (C=O) groups is 1. The van der Waals surface area contributed by atoms with Crippen molar-refractivity contribution in [3.8, 4) is 22.4 Å². The van der Waals surface area contributed by atoms with Crippen LogP contribution in [0.5, 0.6) is 0 Å². The summed E-state index contributed by atoms with van der Waals surface area (Å²) in [6.07, 6.45) is 1.50. The fourth-order valence-corrected chi connectivity index (χ4v) is 5.83. The summed E-state index contributed by atoms with van der Waals surface area (Å²) in [5.74, 6) is -3.28. The summed E-state index contributed by atoms with van der Waals surface area (Å²) < 4.78 is 57.2. The number of fused-ring (bicyclic) bond motifs is 1.